The van der Waals surface area contributed by atoms with E-state index in [1.807, 2.05) is 0 Å². The van der Waals surface area contributed by atoms with Gasteiger partial charge in [0.15, 0.2) is 0 Å². The van der Waals surface area contributed by atoms with E-state index in [-0.39, 0.29) is 5.91 Å². The first kappa shape index (κ1) is 14.3. The van der Waals surface area contributed by atoms with Gasteiger partial charge in [-0.1, -0.05) is 12.1 Å². The summed E-state index contributed by atoms with van der Waals surface area (Å²) in [5.74, 6) is -0.335. The molecule has 1 amide bonds. The molecule has 8 heteroatoms. The molecule has 0 bridgehead atoms. The lowest BCUT2D eigenvalue weighted by atomic mass is 10.1. The third-order valence-electron chi connectivity index (χ3n) is 2.90. The van der Waals surface area contributed by atoms with E-state index >= 15 is 0 Å². The maximum absolute atomic E-state index is 13.1. The topological polar surface area (TPSA) is 83.6 Å². The van der Waals surface area contributed by atoms with Crippen molar-refractivity contribution >= 4 is 27.5 Å². The molecule has 2 N–H and O–H groups in total. The number of carbonyl (C=O) groups excluding carboxylic acids is 1. The first-order valence-electron chi connectivity index (χ1n) is 6.24. The SMILES string of the molecule is O=C(Nc1cccc(-c2nn[nH]n2)c1)c1ccc(F)cc1Br. The number of aromatic nitrogens is 4. The summed E-state index contributed by atoms with van der Waals surface area (Å²) >= 11 is 3.17. The molecule has 0 fully saturated rings. The Balaban J connectivity index is 1.84. The van der Waals surface area contributed by atoms with Crippen molar-refractivity contribution in [2.45, 2.75) is 0 Å². The van der Waals surface area contributed by atoms with E-state index in [1.165, 1.54) is 18.2 Å². The Labute approximate surface area is 132 Å². The van der Waals surface area contributed by atoms with Crippen molar-refractivity contribution in [3.05, 3.63) is 58.3 Å². The van der Waals surface area contributed by atoms with Crippen LogP contribution in [0.2, 0.25) is 0 Å². The molecule has 0 radical (unpaired) electrons. The Morgan fingerprint density at radius 3 is 2.82 bits per heavy atom. The largest absolute Gasteiger partial charge is 0.322 e. The molecule has 0 saturated heterocycles. The van der Waals surface area contributed by atoms with Crippen LogP contribution in [-0.4, -0.2) is 26.5 Å². The monoisotopic (exact) mass is 361 g/mol. The smallest absolute Gasteiger partial charge is 0.256 e. The fraction of sp³-hybridized carbons (Fsp3) is 0. The molecule has 0 aliphatic heterocycles. The van der Waals surface area contributed by atoms with Crippen molar-refractivity contribution in [2.75, 3.05) is 5.32 Å². The normalized spacial score (nSPS) is 10.5. The molecule has 6 nitrogen and oxygen atoms in total. The summed E-state index contributed by atoms with van der Waals surface area (Å²) in [4.78, 5) is 12.2. The highest BCUT2D eigenvalue weighted by Crippen LogP contribution is 2.22. The Morgan fingerprint density at radius 1 is 1.23 bits per heavy atom. The van der Waals surface area contributed by atoms with Gasteiger partial charge in [0.25, 0.3) is 5.91 Å². The van der Waals surface area contributed by atoms with Gasteiger partial charge in [-0.2, -0.15) is 5.21 Å². The van der Waals surface area contributed by atoms with Crippen LogP contribution in [0.4, 0.5) is 10.1 Å². The Kier molecular flexibility index (Phi) is 3.92. The molecule has 110 valence electrons. The second-order valence-electron chi connectivity index (χ2n) is 4.39. The van der Waals surface area contributed by atoms with Gasteiger partial charge in [0.05, 0.1) is 5.56 Å². The fourth-order valence-corrected chi connectivity index (χ4v) is 2.42. The van der Waals surface area contributed by atoms with Gasteiger partial charge in [-0.15, -0.1) is 10.2 Å². The summed E-state index contributed by atoms with van der Waals surface area (Å²) in [5.41, 5.74) is 1.62. The Bertz CT molecular complexity index is 822. The van der Waals surface area contributed by atoms with Gasteiger partial charge in [-0.3, -0.25) is 4.79 Å². The zero-order valence-electron chi connectivity index (χ0n) is 11.0. The summed E-state index contributed by atoms with van der Waals surface area (Å²) in [7, 11) is 0. The summed E-state index contributed by atoms with van der Waals surface area (Å²) in [6, 6.07) is 10.9. The van der Waals surface area contributed by atoms with Crippen molar-refractivity contribution < 1.29 is 9.18 Å². The van der Waals surface area contributed by atoms with Gasteiger partial charge in [0.2, 0.25) is 5.82 Å². The molecule has 2 aromatic carbocycles. The third-order valence-corrected chi connectivity index (χ3v) is 3.56. The molecular weight excluding hydrogens is 353 g/mol. The van der Waals surface area contributed by atoms with Gasteiger partial charge < -0.3 is 5.32 Å². The van der Waals surface area contributed by atoms with Crippen LogP contribution < -0.4 is 5.32 Å². The molecule has 3 aromatic rings. The van der Waals surface area contributed by atoms with Crippen molar-refractivity contribution in [1.82, 2.24) is 20.6 Å². The van der Waals surface area contributed by atoms with Crippen LogP contribution in [0, 0.1) is 5.82 Å². The zero-order valence-corrected chi connectivity index (χ0v) is 12.6. The van der Waals surface area contributed by atoms with Crippen molar-refractivity contribution in [1.29, 1.82) is 0 Å². The molecule has 0 atom stereocenters. The molecular formula is C14H9BrFN5O. The van der Waals surface area contributed by atoms with E-state index in [4.69, 9.17) is 0 Å². The molecule has 0 saturated carbocycles. The highest BCUT2D eigenvalue weighted by Gasteiger charge is 2.12. The number of anilines is 1. The number of tetrazole rings is 1. The minimum absolute atomic E-state index is 0.339. The van der Waals surface area contributed by atoms with Crippen LogP contribution >= 0.6 is 15.9 Å². The standard InChI is InChI=1S/C14H9BrFN5O/c15-12-7-9(16)4-5-11(12)14(22)17-10-3-1-2-8(6-10)13-18-20-21-19-13/h1-7H,(H,17,22)(H,18,19,20,21). The summed E-state index contributed by atoms with van der Waals surface area (Å²) < 4.78 is 13.5. The van der Waals surface area contributed by atoms with Crippen molar-refractivity contribution in [3.8, 4) is 11.4 Å². The predicted molar refractivity (Wildman–Crippen MR) is 81.7 cm³/mol. The Morgan fingerprint density at radius 2 is 2.09 bits per heavy atom. The maximum atomic E-state index is 13.1. The van der Waals surface area contributed by atoms with Crippen LogP contribution in [0.15, 0.2) is 46.9 Å². The average molecular weight is 362 g/mol. The van der Waals surface area contributed by atoms with Gasteiger partial charge in [-0.25, -0.2) is 4.39 Å². The summed E-state index contributed by atoms with van der Waals surface area (Å²) in [6.07, 6.45) is 0. The number of halogens is 2. The molecule has 0 spiro atoms. The number of nitrogens with zero attached hydrogens (tertiary/aromatic N) is 3. The molecule has 1 heterocycles. The number of aromatic amines is 1. The lowest BCUT2D eigenvalue weighted by Crippen LogP contribution is -2.12. The fourth-order valence-electron chi connectivity index (χ4n) is 1.89. The highest BCUT2D eigenvalue weighted by atomic mass is 79.9. The van der Waals surface area contributed by atoms with Crippen LogP contribution in [-0.2, 0) is 0 Å². The van der Waals surface area contributed by atoms with Gasteiger partial charge in [-0.05, 0) is 51.5 Å². The maximum Gasteiger partial charge on any atom is 0.256 e. The van der Waals surface area contributed by atoms with E-state index < -0.39 is 5.82 Å². The highest BCUT2D eigenvalue weighted by molar-refractivity contribution is 9.10. The second kappa shape index (κ2) is 6.02. The number of amides is 1. The van der Waals surface area contributed by atoms with E-state index in [2.05, 4.69) is 41.9 Å². The first-order chi connectivity index (χ1) is 10.6. The predicted octanol–water partition coefficient (Wildman–Crippen LogP) is 3.02. The number of hydrogen-bond donors (Lipinski definition) is 2. The number of carbonyl (C=O) groups is 1. The average Bonchev–Trinajstić information content (AvgIpc) is 3.01. The van der Waals surface area contributed by atoms with Crippen LogP contribution in [0.5, 0.6) is 0 Å². The van der Waals surface area contributed by atoms with Gasteiger partial charge in [0.1, 0.15) is 5.82 Å². The lowest BCUT2D eigenvalue weighted by molar-refractivity contribution is 0.102. The quantitative estimate of drug-likeness (QED) is 0.750. The number of hydrogen-bond acceptors (Lipinski definition) is 4. The minimum Gasteiger partial charge on any atom is -0.322 e. The van der Waals surface area contributed by atoms with E-state index in [9.17, 15) is 9.18 Å². The molecule has 0 aliphatic carbocycles. The van der Waals surface area contributed by atoms with Crippen molar-refractivity contribution in [3.63, 3.8) is 0 Å². The number of rotatable bonds is 3. The molecule has 0 aliphatic rings. The molecule has 3 rings (SSSR count). The van der Waals surface area contributed by atoms with Gasteiger partial charge in [0, 0.05) is 15.7 Å². The van der Waals surface area contributed by atoms with E-state index in [0.29, 0.717) is 27.1 Å². The summed E-state index contributed by atoms with van der Waals surface area (Å²) in [6.45, 7) is 0. The van der Waals surface area contributed by atoms with E-state index in [1.54, 1.807) is 24.3 Å². The minimum atomic E-state index is -0.414. The first-order valence-corrected chi connectivity index (χ1v) is 7.03. The van der Waals surface area contributed by atoms with E-state index in [0.717, 1.165) is 0 Å². The molecule has 0 unspecified atom stereocenters. The zero-order chi connectivity index (χ0) is 15.5. The van der Waals surface area contributed by atoms with Crippen LogP contribution in [0.1, 0.15) is 10.4 Å². The molecule has 22 heavy (non-hydrogen) atoms. The summed E-state index contributed by atoms with van der Waals surface area (Å²) in [5, 5.41) is 16.4. The van der Waals surface area contributed by atoms with Gasteiger partial charge >= 0.3 is 0 Å². The number of benzene rings is 2. The Hall–Kier alpha value is -2.61. The number of nitrogens with one attached hydrogen (secondary N) is 2. The third kappa shape index (κ3) is 3.01. The second-order valence-corrected chi connectivity index (χ2v) is 5.25. The number of H-pyrrole nitrogens is 1. The molecule has 1 aromatic heterocycles. The van der Waals surface area contributed by atoms with Crippen LogP contribution in [0.25, 0.3) is 11.4 Å². The van der Waals surface area contributed by atoms with Crippen molar-refractivity contribution in [2.24, 2.45) is 0 Å². The lowest BCUT2D eigenvalue weighted by Gasteiger charge is -2.07. The van der Waals surface area contributed by atoms with Crippen LogP contribution in [0.3, 0.4) is 0 Å².